The van der Waals surface area contributed by atoms with E-state index in [9.17, 15) is 14.9 Å². The second-order valence-corrected chi connectivity index (χ2v) is 4.41. The first kappa shape index (κ1) is 14.1. The van der Waals surface area contributed by atoms with Gasteiger partial charge in [0.2, 0.25) is 5.91 Å². The van der Waals surface area contributed by atoms with Crippen LogP contribution in [0.15, 0.2) is 24.3 Å². The van der Waals surface area contributed by atoms with Crippen LogP contribution in [0.1, 0.15) is 19.4 Å². The van der Waals surface area contributed by atoms with Crippen LogP contribution in [0.5, 0.6) is 0 Å². The molecule has 1 aromatic rings. The Labute approximate surface area is 105 Å². The number of benzene rings is 1. The van der Waals surface area contributed by atoms with E-state index in [1.54, 1.807) is 12.1 Å². The fraction of sp³-hybridized carbons (Fsp3) is 0.417. The summed E-state index contributed by atoms with van der Waals surface area (Å²) in [5.74, 6) is -0.148. The predicted octanol–water partition coefficient (Wildman–Crippen LogP) is 1.19. The number of non-ortho nitro benzene ring substituents is 1. The van der Waals surface area contributed by atoms with Crippen LogP contribution in [0.2, 0.25) is 0 Å². The number of carbonyl (C=O) groups is 1. The monoisotopic (exact) mass is 251 g/mol. The van der Waals surface area contributed by atoms with E-state index in [0.29, 0.717) is 6.54 Å². The molecule has 0 saturated heterocycles. The zero-order chi connectivity index (χ0) is 13.7. The third kappa shape index (κ3) is 3.81. The number of nitrogens with one attached hydrogen (secondary N) is 1. The van der Waals surface area contributed by atoms with Crippen molar-refractivity contribution >= 4 is 11.6 Å². The molecule has 0 bridgehead atoms. The van der Waals surface area contributed by atoms with Gasteiger partial charge in [0.15, 0.2) is 0 Å². The van der Waals surface area contributed by atoms with Gasteiger partial charge >= 0.3 is 0 Å². The minimum Gasteiger partial charge on any atom is -0.351 e. The molecule has 3 N–H and O–H groups in total. The average molecular weight is 251 g/mol. The molecule has 0 aliphatic heterocycles. The summed E-state index contributed by atoms with van der Waals surface area (Å²) < 4.78 is 0. The van der Waals surface area contributed by atoms with Gasteiger partial charge in [-0.25, -0.2) is 0 Å². The highest BCUT2D eigenvalue weighted by Crippen LogP contribution is 2.11. The van der Waals surface area contributed by atoms with Crippen LogP contribution in [0.4, 0.5) is 5.69 Å². The van der Waals surface area contributed by atoms with E-state index in [-0.39, 0.29) is 17.5 Å². The number of nitro benzene ring substituents is 1. The molecule has 1 rings (SSSR count). The number of hydrogen-bond donors (Lipinski definition) is 2. The molecule has 98 valence electrons. The first-order valence-electron chi connectivity index (χ1n) is 5.68. The lowest BCUT2D eigenvalue weighted by Gasteiger charge is -2.15. The lowest BCUT2D eigenvalue weighted by atomic mass is 10.0. The van der Waals surface area contributed by atoms with Crippen LogP contribution < -0.4 is 11.1 Å². The van der Waals surface area contributed by atoms with E-state index in [2.05, 4.69) is 5.32 Å². The van der Waals surface area contributed by atoms with Crippen LogP contribution in [-0.4, -0.2) is 16.9 Å². The number of hydrogen-bond acceptors (Lipinski definition) is 4. The first-order chi connectivity index (χ1) is 8.41. The van der Waals surface area contributed by atoms with E-state index in [0.717, 1.165) is 5.56 Å². The summed E-state index contributed by atoms with van der Waals surface area (Å²) in [6, 6.07) is 5.50. The molecule has 6 nitrogen and oxygen atoms in total. The standard InChI is InChI=1S/C12H17N3O3/c1-8(2)11(13)12(16)14-7-9-3-5-10(6-4-9)15(17)18/h3-6,8,11H,7,13H2,1-2H3,(H,14,16)/t11-/m1/s1. The number of carbonyl (C=O) groups excluding carboxylic acids is 1. The number of nitrogens with zero attached hydrogens (tertiary/aromatic N) is 1. The minimum absolute atomic E-state index is 0.0314. The van der Waals surface area contributed by atoms with Crippen molar-refractivity contribution in [1.82, 2.24) is 5.32 Å². The minimum atomic E-state index is -0.539. The van der Waals surface area contributed by atoms with Crippen molar-refractivity contribution in [3.05, 3.63) is 39.9 Å². The van der Waals surface area contributed by atoms with Crippen molar-refractivity contribution < 1.29 is 9.72 Å². The zero-order valence-electron chi connectivity index (χ0n) is 10.4. The maximum atomic E-state index is 11.6. The Hall–Kier alpha value is -1.95. The SMILES string of the molecule is CC(C)[C@@H](N)C(=O)NCc1ccc([N+](=O)[O-])cc1. The Morgan fingerprint density at radius 2 is 1.94 bits per heavy atom. The second-order valence-electron chi connectivity index (χ2n) is 4.41. The van der Waals surface area contributed by atoms with E-state index < -0.39 is 11.0 Å². The molecule has 0 spiro atoms. The molecule has 6 heteroatoms. The van der Waals surface area contributed by atoms with Gasteiger partial charge in [0.05, 0.1) is 11.0 Å². The predicted molar refractivity (Wildman–Crippen MR) is 67.8 cm³/mol. The summed E-state index contributed by atoms with van der Waals surface area (Å²) in [6.45, 7) is 4.06. The molecule has 1 atom stereocenters. The van der Waals surface area contributed by atoms with Gasteiger partial charge in [-0.05, 0) is 11.5 Å². The van der Waals surface area contributed by atoms with E-state index in [1.165, 1.54) is 12.1 Å². The highest BCUT2D eigenvalue weighted by molar-refractivity contribution is 5.81. The molecule has 0 fully saturated rings. The van der Waals surface area contributed by atoms with Crippen LogP contribution in [0.3, 0.4) is 0 Å². The molecule has 1 aromatic carbocycles. The molecular formula is C12H17N3O3. The van der Waals surface area contributed by atoms with Gasteiger partial charge in [-0.2, -0.15) is 0 Å². The molecule has 0 aliphatic carbocycles. The van der Waals surface area contributed by atoms with Gasteiger partial charge < -0.3 is 11.1 Å². The Kier molecular flexibility index (Phi) is 4.79. The molecule has 0 aromatic heterocycles. The number of nitrogens with two attached hydrogens (primary N) is 1. The Morgan fingerprint density at radius 1 is 1.39 bits per heavy atom. The van der Waals surface area contributed by atoms with Crippen molar-refractivity contribution in [2.45, 2.75) is 26.4 Å². The fourth-order valence-corrected chi connectivity index (χ4v) is 1.35. The average Bonchev–Trinajstić information content (AvgIpc) is 2.35. The van der Waals surface area contributed by atoms with E-state index in [4.69, 9.17) is 5.73 Å². The summed E-state index contributed by atoms with van der Waals surface area (Å²) in [6.07, 6.45) is 0. The molecule has 0 radical (unpaired) electrons. The number of nitro groups is 1. The first-order valence-corrected chi connectivity index (χ1v) is 5.68. The summed E-state index contributed by atoms with van der Waals surface area (Å²) in [5, 5.41) is 13.2. The number of amides is 1. The zero-order valence-corrected chi connectivity index (χ0v) is 10.4. The largest absolute Gasteiger partial charge is 0.351 e. The van der Waals surface area contributed by atoms with Gasteiger partial charge in [-0.15, -0.1) is 0 Å². The molecule has 0 unspecified atom stereocenters. The molecule has 0 heterocycles. The number of rotatable bonds is 5. The maximum absolute atomic E-state index is 11.6. The Morgan fingerprint density at radius 3 is 2.39 bits per heavy atom. The van der Waals surface area contributed by atoms with Gasteiger partial charge in [0.25, 0.3) is 5.69 Å². The highest BCUT2D eigenvalue weighted by Gasteiger charge is 2.16. The maximum Gasteiger partial charge on any atom is 0.269 e. The third-order valence-corrected chi connectivity index (χ3v) is 2.63. The van der Waals surface area contributed by atoms with Crippen LogP contribution in [0.25, 0.3) is 0 Å². The normalized spacial score (nSPS) is 12.2. The summed E-state index contributed by atoms with van der Waals surface area (Å²) >= 11 is 0. The van der Waals surface area contributed by atoms with Crippen LogP contribution in [-0.2, 0) is 11.3 Å². The van der Waals surface area contributed by atoms with Crippen LogP contribution in [0, 0.1) is 16.0 Å². The summed E-state index contributed by atoms with van der Waals surface area (Å²) in [7, 11) is 0. The van der Waals surface area contributed by atoms with Gasteiger partial charge in [-0.3, -0.25) is 14.9 Å². The van der Waals surface area contributed by atoms with Gasteiger partial charge in [-0.1, -0.05) is 26.0 Å². The van der Waals surface area contributed by atoms with Crippen molar-refractivity contribution in [2.24, 2.45) is 11.7 Å². The molecular weight excluding hydrogens is 234 g/mol. The lowest BCUT2D eigenvalue weighted by Crippen LogP contribution is -2.43. The van der Waals surface area contributed by atoms with Crippen molar-refractivity contribution in [1.29, 1.82) is 0 Å². The molecule has 18 heavy (non-hydrogen) atoms. The lowest BCUT2D eigenvalue weighted by molar-refractivity contribution is -0.384. The Bertz CT molecular complexity index is 429. The smallest absolute Gasteiger partial charge is 0.269 e. The van der Waals surface area contributed by atoms with Crippen molar-refractivity contribution in [3.63, 3.8) is 0 Å². The highest BCUT2D eigenvalue weighted by atomic mass is 16.6. The van der Waals surface area contributed by atoms with Gasteiger partial charge in [0, 0.05) is 18.7 Å². The summed E-state index contributed by atoms with van der Waals surface area (Å²) in [5.41, 5.74) is 6.51. The molecule has 0 aliphatic rings. The van der Waals surface area contributed by atoms with Crippen LogP contribution >= 0.6 is 0 Å². The molecule has 1 amide bonds. The summed E-state index contributed by atoms with van der Waals surface area (Å²) in [4.78, 5) is 21.6. The van der Waals surface area contributed by atoms with Gasteiger partial charge in [0.1, 0.15) is 0 Å². The third-order valence-electron chi connectivity index (χ3n) is 2.63. The topological polar surface area (TPSA) is 98.3 Å². The second kappa shape index (κ2) is 6.11. The fourth-order valence-electron chi connectivity index (χ4n) is 1.35. The van der Waals surface area contributed by atoms with Crippen molar-refractivity contribution in [3.8, 4) is 0 Å². The Balaban J connectivity index is 2.54. The van der Waals surface area contributed by atoms with E-state index in [1.807, 2.05) is 13.8 Å². The van der Waals surface area contributed by atoms with Crippen molar-refractivity contribution in [2.75, 3.05) is 0 Å². The quantitative estimate of drug-likeness (QED) is 0.606. The van der Waals surface area contributed by atoms with E-state index >= 15 is 0 Å². The molecule has 0 saturated carbocycles.